The number of nitrogens with one attached hydrogen (secondary N) is 1. The topological polar surface area (TPSA) is 46.2 Å². The smallest absolute Gasteiger partial charge is 0.208 e. The van der Waals surface area contributed by atoms with Gasteiger partial charge in [-0.15, -0.1) is 11.3 Å². The fourth-order valence-electron chi connectivity index (χ4n) is 1.91. The van der Waals surface area contributed by atoms with Crippen molar-refractivity contribution in [3.63, 3.8) is 0 Å². The SMILES string of the molecule is Cc1ccc(CC(C)NS(=O)(=O)c2cccc(Br)c2)s1. The fraction of sp³-hybridized carbons (Fsp3) is 0.286. The van der Waals surface area contributed by atoms with E-state index in [0.717, 1.165) is 4.47 Å². The predicted octanol–water partition coefficient (Wildman–Crippen LogP) is 3.73. The van der Waals surface area contributed by atoms with E-state index in [9.17, 15) is 8.42 Å². The second kappa shape index (κ2) is 6.39. The summed E-state index contributed by atoms with van der Waals surface area (Å²) in [4.78, 5) is 2.70. The first-order chi connectivity index (χ1) is 9.37. The summed E-state index contributed by atoms with van der Waals surface area (Å²) in [5.74, 6) is 0. The minimum atomic E-state index is -3.47. The molecule has 0 saturated carbocycles. The van der Waals surface area contributed by atoms with E-state index < -0.39 is 10.0 Å². The molecule has 6 heteroatoms. The van der Waals surface area contributed by atoms with Gasteiger partial charge in [0.2, 0.25) is 10.0 Å². The molecule has 108 valence electrons. The van der Waals surface area contributed by atoms with Crippen LogP contribution in [0.15, 0.2) is 45.8 Å². The number of thiophene rings is 1. The van der Waals surface area contributed by atoms with Gasteiger partial charge in [0.15, 0.2) is 0 Å². The first-order valence-electron chi connectivity index (χ1n) is 6.20. The molecule has 0 aliphatic rings. The van der Waals surface area contributed by atoms with E-state index >= 15 is 0 Å². The molecule has 0 aliphatic heterocycles. The Morgan fingerprint density at radius 2 is 2.05 bits per heavy atom. The highest BCUT2D eigenvalue weighted by Crippen LogP contribution is 2.19. The maximum atomic E-state index is 12.3. The average molecular weight is 374 g/mol. The number of halogens is 1. The van der Waals surface area contributed by atoms with Gasteiger partial charge in [0.1, 0.15) is 0 Å². The maximum absolute atomic E-state index is 12.3. The minimum Gasteiger partial charge on any atom is -0.208 e. The molecule has 0 amide bonds. The van der Waals surface area contributed by atoms with Crippen molar-refractivity contribution in [1.29, 1.82) is 0 Å². The van der Waals surface area contributed by atoms with Crippen LogP contribution in [0.2, 0.25) is 0 Å². The molecule has 0 spiro atoms. The number of hydrogen-bond acceptors (Lipinski definition) is 3. The summed E-state index contributed by atoms with van der Waals surface area (Å²) in [5, 5.41) is 0. The Labute approximate surface area is 132 Å². The normalized spacial score (nSPS) is 13.3. The third-order valence-electron chi connectivity index (χ3n) is 2.77. The molecule has 2 rings (SSSR count). The summed E-state index contributed by atoms with van der Waals surface area (Å²) in [6, 6.07) is 10.7. The van der Waals surface area contributed by atoms with Gasteiger partial charge in [-0.1, -0.05) is 22.0 Å². The molecule has 3 nitrogen and oxygen atoms in total. The van der Waals surface area contributed by atoms with Crippen LogP contribution in [0.25, 0.3) is 0 Å². The molecule has 0 radical (unpaired) electrons. The monoisotopic (exact) mass is 373 g/mol. The molecule has 0 aliphatic carbocycles. The van der Waals surface area contributed by atoms with Crippen LogP contribution in [0.1, 0.15) is 16.7 Å². The van der Waals surface area contributed by atoms with Crippen molar-refractivity contribution in [2.75, 3.05) is 0 Å². The Kier molecular flexibility index (Phi) is 5.01. The second-order valence-electron chi connectivity index (χ2n) is 4.70. The molecule has 0 fully saturated rings. The van der Waals surface area contributed by atoms with Gasteiger partial charge in [0, 0.05) is 20.3 Å². The van der Waals surface area contributed by atoms with Crippen molar-refractivity contribution in [3.05, 3.63) is 50.6 Å². The zero-order valence-electron chi connectivity index (χ0n) is 11.3. The Morgan fingerprint density at radius 3 is 2.65 bits per heavy atom. The van der Waals surface area contributed by atoms with E-state index in [1.807, 2.05) is 19.9 Å². The third kappa shape index (κ3) is 4.15. The van der Waals surface area contributed by atoms with Crippen molar-refractivity contribution >= 4 is 37.3 Å². The molecular formula is C14H16BrNO2S2. The van der Waals surface area contributed by atoms with Crippen molar-refractivity contribution in [1.82, 2.24) is 4.72 Å². The molecule has 1 aromatic carbocycles. The van der Waals surface area contributed by atoms with E-state index in [0.29, 0.717) is 6.42 Å². The molecule has 2 aromatic rings. The Hall–Kier alpha value is -0.690. The standard InChI is InChI=1S/C14H16BrNO2S2/c1-10(8-13-7-6-11(2)19-13)16-20(17,18)14-5-3-4-12(15)9-14/h3-7,9-10,16H,8H2,1-2H3. The van der Waals surface area contributed by atoms with Crippen LogP contribution in [-0.4, -0.2) is 14.5 Å². The predicted molar refractivity (Wildman–Crippen MR) is 86.7 cm³/mol. The number of benzene rings is 1. The largest absolute Gasteiger partial charge is 0.240 e. The van der Waals surface area contributed by atoms with Gasteiger partial charge >= 0.3 is 0 Å². The Balaban J connectivity index is 2.08. The molecule has 0 bridgehead atoms. The van der Waals surface area contributed by atoms with Gasteiger partial charge in [-0.25, -0.2) is 13.1 Å². The highest BCUT2D eigenvalue weighted by atomic mass is 79.9. The molecule has 1 heterocycles. The van der Waals surface area contributed by atoms with Gasteiger partial charge < -0.3 is 0 Å². The van der Waals surface area contributed by atoms with Crippen LogP contribution < -0.4 is 4.72 Å². The first kappa shape index (κ1) is 15.7. The van der Waals surface area contributed by atoms with Gasteiger partial charge in [-0.2, -0.15) is 0 Å². The number of aryl methyl sites for hydroxylation is 1. The quantitative estimate of drug-likeness (QED) is 0.867. The minimum absolute atomic E-state index is 0.142. The summed E-state index contributed by atoms with van der Waals surface area (Å²) in [6.45, 7) is 3.93. The number of hydrogen-bond donors (Lipinski definition) is 1. The molecule has 0 saturated heterocycles. The summed E-state index contributed by atoms with van der Waals surface area (Å²) < 4.78 is 28.0. The van der Waals surface area contributed by atoms with E-state index in [2.05, 4.69) is 26.7 Å². The average Bonchev–Trinajstić information content (AvgIpc) is 2.73. The maximum Gasteiger partial charge on any atom is 0.240 e. The van der Waals surface area contributed by atoms with Crippen LogP contribution in [-0.2, 0) is 16.4 Å². The summed E-state index contributed by atoms with van der Waals surface area (Å²) in [7, 11) is -3.47. The van der Waals surface area contributed by atoms with Crippen LogP contribution in [0.4, 0.5) is 0 Å². The van der Waals surface area contributed by atoms with Crippen LogP contribution in [0.3, 0.4) is 0 Å². The van der Waals surface area contributed by atoms with E-state index in [1.165, 1.54) is 9.75 Å². The van der Waals surface area contributed by atoms with Gasteiger partial charge in [-0.3, -0.25) is 0 Å². The van der Waals surface area contributed by atoms with E-state index in [1.54, 1.807) is 35.6 Å². The lowest BCUT2D eigenvalue weighted by molar-refractivity contribution is 0.560. The van der Waals surface area contributed by atoms with Gasteiger partial charge in [0.05, 0.1) is 4.90 Å². The third-order valence-corrected chi connectivity index (χ3v) is 5.87. The first-order valence-corrected chi connectivity index (χ1v) is 9.29. The summed E-state index contributed by atoms with van der Waals surface area (Å²) in [6.07, 6.45) is 0.700. The molecular weight excluding hydrogens is 358 g/mol. The van der Waals surface area contributed by atoms with Gasteiger partial charge in [-0.05, 0) is 50.6 Å². The highest BCUT2D eigenvalue weighted by Gasteiger charge is 2.18. The van der Waals surface area contributed by atoms with E-state index in [-0.39, 0.29) is 10.9 Å². The Bertz CT molecular complexity index is 695. The lowest BCUT2D eigenvalue weighted by Gasteiger charge is -2.13. The fourth-order valence-corrected chi connectivity index (χ4v) is 4.76. The lowest BCUT2D eigenvalue weighted by atomic mass is 10.2. The second-order valence-corrected chi connectivity index (χ2v) is 8.70. The van der Waals surface area contributed by atoms with Crippen LogP contribution in [0, 0.1) is 6.92 Å². The van der Waals surface area contributed by atoms with Crippen LogP contribution in [0.5, 0.6) is 0 Å². The van der Waals surface area contributed by atoms with Crippen molar-refractivity contribution in [2.45, 2.75) is 31.2 Å². The molecule has 1 atom stereocenters. The molecule has 20 heavy (non-hydrogen) atoms. The van der Waals surface area contributed by atoms with E-state index in [4.69, 9.17) is 0 Å². The van der Waals surface area contributed by atoms with Crippen molar-refractivity contribution in [3.8, 4) is 0 Å². The molecule has 1 N–H and O–H groups in total. The number of rotatable bonds is 5. The van der Waals surface area contributed by atoms with Crippen molar-refractivity contribution < 1.29 is 8.42 Å². The molecule has 1 unspecified atom stereocenters. The zero-order valence-corrected chi connectivity index (χ0v) is 14.5. The highest BCUT2D eigenvalue weighted by molar-refractivity contribution is 9.10. The van der Waals surface area contributed by atoms with Crippen molar-refractivity contribution in [2.24, 2.45) is 0 Å². The molecule has 1 aromatic heterocycles. The Morgan fingerprint density at radius 1 is 1.30 bits per heavy atom. The number of sulfonamides is 1. The summed E-state index contributed by atoms with van der Waals surface area (Å²) >= 11 is 4.98. The van der Waals surface area contributed by atoms with Gasteiger partial charge in [0.25, 0.3) is 0 Å². The zero-order chi connectivity index (χ0) is 14.8. The lowest BCUT2D eigenvalue weighted by Crippen LogP contribution is -2.33. The summed E-state index contributed by atoms with van der Waals surface area (Å²) in [5.41, 5.74) is 0. The van der Waals surface area contributed by atoms with Crippen LogP contribution >= 0.6 is 27.3 Å².